The number of carbonyl (C=O) groups excluding carboxylic acids is 1. The Morgan fingerprint density at radius 2 is 2.23 bits per heavy atom. The zero-order chi connectivity index (χ0) is 15.9. The third-order valence-electron chi connectivity index (χ3n) is 3.44. The van der Waals surface area contributed by atoms with E-state index in [0.717, 1.165) is 5.69 Å². The first kappa shape index (κ1) is 15.0. The number of rotatable bonds is 5. The number of fused-ring (bicyclic) bond motifs is 2. The Balaban J connectivity index is 1.89. The molecule has 0 saturated carbocycles. The molecule has 1 aromatic rings. The van der Waals surface area contributed by atoms with Crippen molar-refractivity contribution in [3.05, 3.63) is 24.0 Å². The molecule has 0 aromatic carbocycles. The van der Waals surface area contributed by atoms with Gasteiger partial charge in [-0.05, 0) is 12.1 Å². The summed E-state index contributed by atoms with van der Waals surface area (Å²) in [6.07, 6.45) is 3.63. The highest BCUT2D eigenvalue weighted by molar-refractivity contribution is 7.80. The monoisotopic (exact) mass is 330 g/mol. The van der Waals surface area contributed by atoms with Crippen molar-refractivity contribution in [3.8, 4) is 0 Å². The standard InChI is InChI=1S/C11H14N4O6S/c16-4-2-8-1-3-12-14(8)9-5-10-7-13(6-9)11(17)15(10)21-22(18,19)20/h1,3,5,10,16H,2,4,6-7H2,(H,18,19,20). The summed E-state index contributed by atoms with van der Waals surface area (Å²) in [4.78, 5) is 13.4. The molecule has 1 saturated heterocycles. The van der Waals surface area contributed by atoms with E-state index in [4.69, 9.17) is 9.66 Å². The van der Waals surface area contributed by atoms with Gasteiger partial charge in [-0.15, -0.1) is 4.28 Å². The van der Waals surface area contributed by atoms with Crippen molar-refractivity contribution in [1.82, 2.24) is 19.7 Å². The molecule has 120 valence electrons. The van der Waals surface area contributed by atoms with E-state index in [2.05, 4.69) is 9.38 Å². The van der Waals surface area contributed by atoms with Gasteiger partial charge in [0.15, 0.2) is 0 Å². The minimum atomic E-state index is -4.77. The van der Waals surface area contributed by atoms with Crippen LogP contribution >= 0.6 is 0 Å². The lowest BCUT2D eigenvalue weighted by Crippen LogP contribution is -2.35. The van der Waals surface area contributed by atoms with Crippen LogP contribution in [-0.2, 0) is 21.1 Å². The summed E-state index contributed by atoms with van der Waals surface area (Å²) in [7, 11) is -4.77. The van der Waals surface area contributed by atoms with Crippen LogP contribution in [0.5, 0.6) is 0 Å². The van der Waals surface area contributed by atoms with Gasteiger partial charge in [-0.25, -0.2) is 9.48 Å². The summed E-state index contributed by atoms with van der Waals surface area (Å²) >= 11 is 0. The molecule has 0 aliphatic carbocycles. The van der Waals surface area contributed by atoms with Crippen LogP contribution < -0.4 is 0 Å². The van der Waals surface area contributed by atoms with E-state index in [9.17, 15) is 13.2 Å². The lowest BCUT2D eigenvalue weighted by atomic mass is 10.2. The molecule has 2 aliphatic heterocycles. The van der Waals surface area contributed by atoms with Crippen molar-refractivity contribution >= 4 is 22.1 Å². The van der Waals surface area contributed by atoms with Gasteiger partial charge in [-0.3, -0.25) is 4.55 Å². The molecule has 10 nitrogen and oxygen atoms in total. The summed E-state index contributed by atoms with van der Waals surface area (Å²) < 4.78 is 36.3. The van der Waals surface area contributed by atoms with Crippen molar-refractivity contribution in [2.75, 3.05) is 19.7 Å². The predicted octanol–water partition coefficient (Wildman–Crippen LogP) is -0.887. The number of nitrogens with zero attached hydrogens (tertiary/aromatic N) is 4. The molecular formula is C11H14N4O6S. The van der Waals surface area contributed by atoms with E-state index in [1.165, 1.54) is 4.90 Å². The minimum Gasteiger partial charge on any atom is -0.396 e. The number of hydrogen-bond acceptors (Lipinski definition) is 6. The fourth-order valence-electron chi connectivity index (χ4n) is 2.60. The smallest absolute Gasteiger partial charge is 0.396 e. The number of aliphatic hydroxyl groups excluding tert-OH is 1. The second-order valence-electron chi connectivity index (χ2n) is 4.92. The molecule has 0 spiro atoms. The molecule has 3 rings (SSSR count). The quantitative estimate of drug-likeness (QED) is 0.671. The maximum absolute atomic E-state index is 12.0. The Hall–Kier alpha value is -1.95. The van der Waals surface area contributed by atoms with Crippen LogP contribution in [-0.4, -0.2) is 69.6 Å². The third kappa shape index (κ3) is 2.70. The molecule has 22 heavy (non-hydrogen) atoms. The average Bonchev–Trinajstić information content (AvgIpc) is 2.98. The first-order valence-corrected chi connectivity index (χ1v) is 7.85. The van der Waals surface area contributed by atoms with Crippen LogP contribution in [0.1, 0.15) is 5.69 Å². The van der Waals surface area contributed by atoms with Crippen LogP contribution in [0.15, 0.2) is 18.3 Å². The van der Waals surface area contributed by atoms with Crippen LogP contribution in [0.4, 0.5) is 4.79 Å². The lowest BCUT2D eigenvalue weighted by Gasteiger charge is -2.22. The largest absolute Gasteiger partial charge is 0.418 e. The van der Waals surface area contributed by atoms with Gasteiger partial charge in [-0.1, -0.05) is 0 Å². The molecule has 1 fully saturated rings. The molecule has 1 aromatic heterocycles. The Kier molecular flexibility index (Phi) is 3.64. The first-order chi connectivity index (χ1) is 10.4. The topological polar surface area (TPSA) is 125 Å². The first-order valence-electron chi connectivity index (χ1n) is 6.49. The normalized spacial score (nSPS) is 21.5. The van der Waals surface area contributed by atoms with Gasteiger partial charge in [0, 0.05) is 31.5 Å². The van der Waals surface area contributed by atoms with Crippen molar-refractivity contribution in [2.45, 2.75) is 12.5 Å². The number of carbonyl (C=O) groups is 1. The summed E-state index contributed by atoms with van der Waals surface area (Å²) in [5, 5.41) is 13.8. The summed E-state index contributed by atoms with van der Waals surface area (Å²) in [5.74, 6) is 0. The number of hydroxylamine groups is 2. The van der Waals surface area contributed by atoms with Crippen LogP contribution in [0.25, 0.3) is 5.70 Å². The second-order valence-corrected chi connectivity index (χ2v) is 5.93. The minimum absolute atomic E-state index is 0.0387. The third-order valence-corrected chi connectivity index (χ3v) is 3.79. The van der Waals surface area contributed by atoms with Crippen LogP contribution in [0, 0.1) is 0 Å². The fourth-order valence-corrected chi connectivity index (χ4v) is 2.98. The highest BCUT2D eigenvalue weighted by atomic mass is 32.3. The van der Waals surface area contributed by atoms with Gasteiger partial charge in [-0.2, -0.15) is 18.6 Å². The summed E-state index contributed by atoms with van der Waals surface area (Å²) in [5.41, 5.74) is 1.44. The SMILES string of the molecule is O=C1N2CC(n3nccc3CCO)=CC(C2)N1OS(=O)(=O)O. The number of hydrogen-bond donors (Lipinski definition) is 2. The molecule has 0 radical (unpaired) electrons. The van der Waals surface area contributed by atoms with Crippen LogP contribution in [0.2, 0.25) is 0 Å². The lowest BCUT2D eigenvalue weighted by molar-refractivity contribution is -0.0183. The molecular weight excluding hydrogens is 316 g/mol. The van der Waals surface area contributed by atoms with Gasteiger partial charge in [0.05, 0.1) is 12.2 Å². The van der Waals surface area contributed by atoms with E-state index in [1.54, 1.807) is 23.0 Å². The zero-order valence-electron chi connectivity index (χ0n) is 11.4. The predicted molar refractivity (Wildman–Crippen MR) is 72.5 cm³/mol. The van der Waals surface area contributed by atoms with Crippen molar-refractivity contribution in [1.29, 1.82) is 0 Å². The van der Waals surface area contributed by atoms with E-state index in [1.807, 2.05) is 0 Å². The maximum atomic E-state index is 12.0. The van der Waals surface area contributed by atoms with Gasteiger partial charge in [0.2, 0.25) is 0 Å². The molecule has 2 aliphatic rings. The highest BCUT2D eigenvalue weighted by Gasteiger charge is 2.43. The molecule has 2 N–H and O–H groups in total. The maximum Gasteiger partial charge on any atom is 0.418 e. The number of urea groups is 1. The number of aliphatic hydroxyl groups is 1. The number of amides is 2. The van der Waals surface area contributed by atoms with Gasteiger partial charge in [0.1, 0.15) is 6.04 Å². The Morgan fingerprint density at radius 3 is 2.91 bits per heavy atom. The van der Waals surface area contributed by atoms with E-state index in [0.29, 0.717) is 17.2 Å². The van der Waals surface area contributed by atoms with Crippen molar-refractivity contribution in [3.63, 3.8) is 0 Å². The van der Waals surface area contributed by atoms with Gasteiger partial charge >= 0.3 is 16.4 Å². The molecule has 2 amide bonds. The average molecular weight is 330 g/mol. The molecule has 2 bridgehead atoms. The van der Waals surface area contributed by atoms with E-state index in [-0.39, 0.29) is 19.7 Å². The Labute approximate surface area is 126 Å². The summed E-state index contributed by atoms with van der Waals surface area (Å²) in [6.45, 7) is 0.443. The zero-order valence-corrected chi connectivity index (χ0v) is 12.2. The molecule has 1 unspecified atom stereocenters. The molecule has 3 heterocycles. The van der Waals surface area contributed by atoms with Crippen molar-refractivity contribution < 1.29 is 27.2 Å². The van der Waals surface area contributed by atoms with E-state index >= 15 is 0 Å². The van der Waals surface area contributed by atoms with Crippen LogP contribution in [0.3, 0.4) is 0 Å². The summed E-state index contributed by atoms with van der Waals surface area (Å²) in [6, 6.07) is 0.450. The van der Waals surface area contributed by atoms with Gasteiger partial charge in [0.25, 0.3) is 0 Å². The van der Waals surface area contributed by atoms with Gasteiger partial charge < -0.3 is 10.0 Å². The van der Waals surface area contributed by atoms with E-state index < -0.39 is 22.5 Å². The molecule has 11 heteroatoms. The molecule has 1 atom stereocenters. The Bertz CT molecular complexity index is 727. The fraction of sp³-hybridized carbons (Fsp3) is 0.455. The highest BCUT2D eigenvalue weighted by Crippen LogP contribution is 2.27. The number of aromatic nitrogens is 2. The second kappa shape index (κ2) is 5.35. The Morgan fingerprint density at radius 1 is 1.45 bits per heavy atom. The van der Waals surface area contributed by atoms with Crippen molar-refractivity contribution in [2.24, 2.45) is 0 Å².